The Balaban J connectivity index is 1.46. The van der Waals surface area contributed by atoms with Crippen molar-refractivity contribution in [2.75, 3.05) is 6.54 Å². The zero-order chi connectivity index (χ0) is 17.2. The van der Waals surface area contributed by atoms with E-state index in [2.05, 4.69) is 26.2 Å². The molecule has 1 aromatic heterocycles. The Labute approximate surface area is 160 Å². The van der Waals surface area contributed by atoms with Crippen molar-refractivity contribution in [3.05, 3.63) is 38.3 Å². The van der Waals surface area contributed by atoms with E-state index in [1.165, 1.54) is 32.1 Å². The third kappa shape index (κ3) is 2.58. The van der Waals surface area contributed by atoms with Gasteiger partial charge in [0.05, 0.1) is 22.3 Å². The minimum Gasteiger partial charge on any atom is -0.314 e. The Morgan fingerprint density at radius 3 is 3.04 bits per heavy atom. The summed E-state index contributed by atoms with van der Waals surface area (Å²) in [6.07, 6.45) is 8.13. The number of piperidine rings is 1. The second-order valence-electron chi connectivity index (χ2n) is 8.20. The molecule has 6 heteroatoms. The lowest BCUT2D eigenvalue weighted by Gasteiger charge is -2.60. The van der Waals surface area contributed by atoms with Crippen LogP contribution in [0.25, 0.3) is 10.9 Å². The largest absolute Gasteiger partial charge is 0.314 e. The molecule has 1 aliphatic heterocycles. The lowest BCUT2D eigenvalue weighted by atomic mass is 9.48. The van der Waals surface area contributed by atoms with Crippen LogP contribution >= 0.6 is 27.5 Å². The number of hydrogen-bond donors (Lipinski definition) is 1. The van der Waals surface area contributed by atoms with Gasteiger partial charge in [-0.15, -0.1) is 0 Å². The van der Waals surface area contributed by atoms with E-state index in [9.17, 15) is 4.79 Å². The first kappa shape index (κ1) is 16.3. The van der Waals surface area contributed by atoms with Crippen molar-refractivity contribution in [2.45, 2.75) is 44.7 Å². The number of rotatable bonds is 2. The number of fused-ring (bicyclic) bond motifs is 1. The molecule has 3 saturated carbocycles. The summed E-state index contributed by atoms with van der Waals surface area (Å²) in [4.78, 5) is 17.4. The Bertz CT molecular complexity index is 905. The van der Waals surface area contributed by atoms with Gasteiger partial charge in [-0.3, -0.25) is 9.36 Å². The summed E-state index contributed by atoms with van der Waals surface area (Å²) in [5.41, 5.74) is 0.990. The third-order valence-corrected chi connectivity index (χ3v) is 7.86. The van der Waals surface area contributed by atoms with Gasteiger partial charge in [0.1, 0.15) is 0 Å². The molecule has 1 N–H and O–H groups in total. The minimum absolute atomic E-state index is 0.0240. The average molecular weight is 423 g/mol. The highest BCUT2D eigenvalue weighted by Crippen LogP contribution is 2.60. The number of benzene rings is 1. The van der Waals surface area contributed by atoms with Crippen LogP contribution in [-0.4, -0.2) is 22.1 Å². The summed E-state index contributed by atoms with van der Waals surface area (Å²) in [7, 11) is 0. The van der Waals surface area contributed by atoms with E-state index in [-0.39, 0.29) is 11.0 Å². The molecule has 0 amide bonds. The van der Waals surface area contributed by atoms with Gasteiger partial charge in [-0.2, -0.15) is 0 Å². The lowest BCUT2D eigenvalue weighted by molar-refractivity contribution is -0.0903. The minimum atomic E-state index is 0.0240. The first-order valence-corrected chi connectivity index (χ1v) is 10.3. The van der Waals surface area contributed by atoms with Gasteiger partial charge in [0, 0.05) is 17.1 Å². The molecule has 2 atom stereocenters. The van der Waals surface area contributed by atoms with Gasteiger partial charge in [-0.25, -0.2) is 4.98 Å². The SMILES string of the molecule is O=c1c2cc(Cl)c(Br)cc2ncn1CC12CC(C1)C1CCCNC1C2. The standard InChI is InChI=1S/C19H21BrClN3O/c20-14-5-16-13(4-15(14)21)18(25)24(10-23-16)9-19-6-11(7-19)12-2-1-3-22-17(12)8-19/h4-5,10-12,17,22H,1-3,6-9H2. The quantitative estimate of drug-likeness (QED) is 0.796. The summed E-state index contributed by atoms with van der Waals surface area (Å²) >= 11 is 9.58. The molecule has 4 fully saturated rings. The van der Waals surface area contributed by atoms with Crippen molar-refractivity contribution in [3.63, 3.8) is 0 Å². The monoisotopic (exact) mass is 421 g/mol. The van der Waals surface area contributed by atoms with Gasteiger partial charge >= 0.3 is 0 Å². The van der Waals surface area contributed by atoms with Crippen molar-refractivity contribution >= 4 is 38.4 Å². The topological polar surface area (TPSA) is 46.9 Å². The predicted octanol–water partition coefficient (Wildman–Crippen LogP) is 3.98. The van der Waals surface area contributed by atoms with Crippen molar-refractivity contribution in [1.29, 1.82) is 0 Å². The Morgan fingerprint density at radius 2 is 2.20 bits per heavy atom. The molecule has 4 nitrogen and oxygen atoms in total. The van der Waals surface area contributed by atoms with Crippen LogP contribution in [0.3, 0.4) is 0 Å². The number of hydrogen-bond acceptors (Lipinski definition) is 3. The van der Waals surface area contributed by atoms with Gasteiger partial charge in [-0.05, 0) is 84.0 Å². The third-order valence-electron chi connectivity index (χ3n) is 6.66. The van der Waals surface area contributed by atoms with Crippen molar-refractivity contribution in [2.24, 2.45) is 17.3 Å². The first-order valence-electron chi connectivity index (χ1n) is 9.12. The normalized spacial score (nSPS) is 33.8. The highest BCUT2D eigenvalue weighted by Gasteiger charge is 2.55. The second kappa shape index (κ2) is 5.80. The van der Waals surface area contributed by atoms with E-state index >= 15 is 0 Å². The highest BCUT2D eigenvalue weighted by atomic mass is 79.9. The Morgan fingerprint density at radius 1 is 1.36 bits per heavy atom. The molecule has 3 aliphatic carbocycles. The van der Waals surface area contributed by atoms with E-state index in [0.29, 0.717) is 22.0 Å². The van der Waals surface area contributed by atoms with Crippen LogP contribution < -0.4 is 10.9 Å². The van der Waals surface area contributed by atoms with Crippen LogP contribution in [0.2, 0.25) is 5.02 Å². The molecule has 0 radical (unpaired) electrons. The van der Waals surface area contributed by atoms with Crippen LogP contribution in [0.4, 0.5) is 0 Å². The number of nitrogens with zero attached hydrogens (tertiary/aromatic N) is 2. The van der Waals surface area contributed by atoms with E-state index in [1.54, 1.807) is 12.4 Å². The van der Waals surface area contributed by atoms with Crippen molar-refractivity contribution in [3.8, 4) is 0 Å². The van der Waals surface area contributed by atoms with Crippen LogP contribution in [0.1, 0.15) is 32.1 Å². The highest BCUT2D eigenvalue weighted by molar-refractivity contribution is 9.10. The fourth-order valence-corrected chi connectivity index (χ4v) is 6.07. The van der Waals surface area contributed by atoms with Gasteiger partial charge in [0.15, 0.2) is 0 Å². The second-order valence-corrected chi connectivity index (χ2v) is 9.46. The summed E-state index contributed by atoms with van der Waals surface area (Å²) in [5, 5.41) is 4.88. The van der Waals surface area contributed by atoms with Crippen molar-refractivity contribution in [1.82, 2.24) is 14.9 Å². The van der Waals surface area contributed by atoms with Gasteiger partial charge in [-0.1, -0.05) is 11.6 Å². The van der Waals surface area contributed by atoms with Crippen molar-refractivity contribution < 1.29 is 0 Å². The van der Waals surface area contributed by atoms with E-state index in [0.717, 1.165) is 29.4 Å². The number of aromatic nitrogens is 2. The molecule has 2 heterocycles. The molecule has 1 saturated heterocycles. The van der Waals surface area contributed by atoms with E-state index in [4.69, 9.17) is 11.6 Å². The Hall–Kier alpha value is -0.910. The summed E-state index contributed by atoms with van der Waals surface area (Å²) in [6, 6.07) is 4.20. The van der Waals surface area contributed by atoms with E-state index < -0.39 is 0 Å². The molecule has 4 aliphatic rings. The van der Waals surface area contributed by atoms with Crippen LogP contribution in [0, 0.1) is 17.3 Å². The molecular formula is C19H21BrClN3O. The van der Waals surface area contributed by atoms with E-state index in [1.807, 2.05) is 10.6 Å². The maximum absolute atomic E-state index is 12.9. The van der Waals surface area contributed by atoms with Crippen LogP contribution in [-0.2, 0) is 6.54 Å². The Kier molecular flexibility index (Phi) is 3.77. The molecule has 2 unspecified atom stereocenters. The lowest BCUT2D eigenvalue weighted by Crippen LogP contribution is -2.60. The number of nitrogens with one attached hydrogen (secondary N) is 1. The molecule has 1 aromatic carbocycles. The fraction of sp³-hybridized carbons (Fsp3) is 0.579. The molecular weight excluding hydrogens is 402 g/mol. The molecule has 132 valence electrons. The van der Waals surface area contributed by atoms with Gasteiger partial charge < -0.3 is 5.32 Å². The zero-order valence-corrected chi connectivity index (χ0v) is 16.3. The zero-order valence-electron chi connectivity index (χ0n) is 14.0. The molecule has 2 aromatic rings. The smallest absolute Gasteiger partial charge is 0.261 e. The van der Waals surface area contributed by atoms with Crippen LogP contribution in [0.15, 0.2) is 27.7 Å². The summed E-state index contributed by atoms with van der Waals surface area (Å²) in [5.74, 6) is 1.71. The number of halogens is 2. The van der Waals surface area contributed by atoms with Gasteiger partial charge in [0.2, 0.25) is 0 Å². The molecule has 25 heavy (non-hydrogen) atoms. The maximum Gasteiger partial charge on any atom is 0.261 e. The molecule has 6 rings (SSSR count). The molecule has 0 spiro atoms. The average Bonchev–Trinajstić information content (AvgIpc) is 2.58. The maximum atomic E-state index is 12.9. The fourth-order valence-electron chi connectivity index (χ4n) is 5.58. The molecule has 2 bridgehead atoms. The first-order chi connectivity index (χ1) is 12.0. The predicted molar refractivity (Wildman–Crippen MR) is 103 cm³/mol. The van der Waals surface area contributed by atoms with Crippen LogP contribution in [0.5, 0.6) is 0 Å². The van der Waals surface area contributed by atoms with Gasteiger partial charge in [0.25, 0.3) is 5.56 Å². The summed E-state index contributed by atoms with van der Waals surface area (Å²) < 4.78 is 2.58. The summed E-state index contributed by atoms with van der Waals surface area (Å²) in [6.45, 7) is 1.93.